The minimum atomic E-state index is -0.815. The van der Waals surface area contributed by atoms with E-state index in [9.17, 15) is 9.90 Å². The molecule has 7 nitrogen and oxygen atoms in total. The summed E-state index contributed by atoms with van der Waals surface area (Å²) in [5.41, 5.74) is 9.74. The first-order valence-corrected chi connectivity index (χ1v) is 10.9. The number of hydrogen-bond donors (Lipinski definition) is 3. The zero-order valence-corrected chi connectivity index (χ0v) is 19.3. The van der Waals surface area contributed by atoms with Crippen LogP contribution in [0.1, 0.15) is 50.2 Å². The van der Waals surface area contributed by atoms with E-state index >= 15 is 0 Å². The molecule has 0 fully saturated rings. The summed E-state index contributed by atoms with van der Waals surface area (Å²) in [7, 11) is 1.00. The van der Waals surface area contributed by atoms with Gasteiger partial charge in [0, 0.05) is 44.2 Å². The first-order valence-electron chi connectivity index (χ1n) is 10.9. The molecule has 1 aromatic heterocycles. The van der Waals surface area contributed by atoms with Crippen molar-refractivity contribution in [1.82, 2.24) is 14.8 Å². The van der Waals surface area contributed by atoms with Gasteiger partial charge in [0.1, 0.15) is 0 Å². The Labute approximate surface area is 186 Å². The van der Waals surface area contributed by atoms with Crippen LogP contribution in [0.15, 0.2) is 42.5 Å². The average Bonchev–Trinajstić information content (AvgIpc) is 2.77. The number of aliphatic carboxylic acids is 1. The second-order valence-electron chi connectivity index (χ2n) is 7.46. The van der Waals surface area contributed by atoms with E-state index in [-0.39, 0.29) is 12.6 Å². The van der Waals surface area contributed by atoms with Crippen LogP contribution in [0, 0.1) is 0 Å². The van der Waals surface area contributed by atoms with Crippen LogP contribution in [0.2, 0.25) is 0 Å². The van der Waals surface area contributed by atoms with Gasteiger partial charge in [0.15, 0.2) is 0 Å². The second-order valence-corrected chi connectivity index (χ2v) is 7.46. The van der Waals surface area contributed by atoms with Crippen molar-refractivity contribution >= 4 is 11.7 Å². The van der Waals surface area contributed by atoms with E-state index < -0.39 is 5.97 Å². The summed E-state index contributed by atoms with van der Waals surface area (Å²) in [6.07, 6.45) is 1.91. The summed E-state index contributed by atoms with van der Waals surface area (Å²) in [5, 5.41) is 16.4. The van der Waals surface area contributed by atoms with Crippen LogP contribution in [0.4, 0.5) is 5.69 Å². The molecular formula is C24H38N4O3. The molecule has 0 spiro atoms. The van der Waals surface area contributed by atoms with Gasteiger partial charge < -0.3 is 15.9 Å². The van der Waals surface area contributed by atoms with Crippen molar-refractivity contribution < 1.29 is 15.0 Å². The fraction of sp³-hybridized carbons (Fsp3) is 0.500. The number of benzene rings is 1. The first kappa shape index (κ1) is 26.6. The van der Waals surface area contributed by atoms with Crippen LogP contribution in [-0.2, 0) is 17.8 Å². The molecule has 0 radical (unpaired) electrons. The summed E-state index contributed by atoms with van der Waals surface area (Å²) in [6, 6.07) is 14.2. The van der Waals surface area contributed by atoms with Crippen LogP contribution in [0.25, 0.3) is 0 Å². The second kappa shape index (κ2) is 14.5. The summed E-state index contributed by atoms with van der Waals surface area (Å²) in [6.45, 7) is 9.39. The number of aliphatic hydroxyl groups is 1. The van der Waals surface area contributed by atoms with E-state index in [1.165, 1.54) is 5.56 Å². The number of aliphatic hydroxyl groups excluding tert-OH is 1. The lowest BCUT2D eigenvalue weighted by Crippen LogP contribution is -2.39. The first-order chi connectivity index (χ1) is 14.9. The van der Waals surface area contributed by atoms with Gasteiger partial charge >= 0.3 is 5.97 Å². The molecule has 4 N–H and O–H groups in total. The van der Waals surface area contributed by atoms with Crippen molar-refractivity contribution in [3.05, 3.63) is 59.4 Å². The van der Waals surface area contributed by atoms with Crippen molar-refractivity contribution in [3.8, 4) is 0 Å². The number of aryl methyl sites for hydroxylation is 1. The Bertz CT molecular complexity index is 768. The van der Waals surface area contributed by atoms with Crippen molar-refractivity contribution in [2.24, 2.45) is 0 Å². The normalized spacial score (nSPS) is 11.8. The molecule has 1 aromatic carbocycles. The number of carbonyl (C=O) groups is 1. The molecule has 0 aliphatic rings. The third-order valence-electron chi connectivity index (χ3n) is 5.15. The van der Waals surface area contributed by atoms with Gasteiger partial charge in [0.25, 0.3) is 0 Å². The van der Waals surface area contributed by atoms with Gasteiger partial charge in [-0.15, -0.1) is 0 Å². The number of rotatable bonds is 12. The predicted octanol–water partition coefficient (Wildman–Crippen LogP) is 3.19. The Morgan fingerprint density at radius 2 is 1.68 bits per heavy atom. The van der Waals surface area contributed by atoms with E-state index in [0.29, 0.717) is 13.1 Å². The molecule has 172 valence electrons. The van der Waals surface area contributed by atoms with E-state index in [2.05, 4.69) is 42.8 Å². The zero-order valence-electron chi connectivity index (χ0n) is 19.3. The summed E-state index contributed by atoms with van der Waals surface area (Å²) < 4.78 is 0. The molecule has 0 aliphatic carbocycles. The number of anilines is 1. The van der Waals surface area contributed by atoms with Crippen LogP contribution in [0.3, 0.4) is 0 Å². The maximum atomic E-state index is 11.4. The van der Waals surface area contributed by atoms with Crippen LogP contribution < -0.4 is 5.73 Å². The quantitative estimate of drug-likeness (QED) is 0.444. The summed E-state index contributed by atoms with van der Waals surface area (Å²) in [5.74, 6) is -0.815. The van der Waals surface area contributed by atoms with Gasteiger partial charge in [0.05, 0.1) is 12.2 Å². The third-order valence-corrected chi connectivity index (χ3v) is 5.15. The fourth-order valence-electron chi connectivity index (χ4n) is 3.49. The lowest BCUT2D eigenvalue weighted by Gasteiger charge is -2.31. The summed E-state index contributed by atoms with van der Waals surface area (Å²) in [4.78, 5) is 20.4. The highest BCUT2D eigenvalue weighted by molar-refractivity contribution is 5.69. The van der Waals surface area contributed by atoms with Gasteiger partial charge in [-0.25, -0.2) is 0 Å². The van der Waals surface area contributed by atoms with E-state index in [1.807, 2.05) is 35.2 Å². The van der Waals surface area contributed by atoms with Crippen LogP contribution in [0.5, 0.6) is 0 Å². The molecule has 7 heteroatoms. The number of carboxylic acids is 1. The standard InChI is InChI=1S/C23H34N4O2.CH4O/c1-4-13-27(18(3)19-9-11-20(24)12-10-19)15-14-26(17-23(28)29)16-22-8-6-7-21(5-2)25-22;1-2/h6-12,18H,4-5,13-17,24H2,1-3H3,(H,28,29);2H,1H3. The Hall–Kier alpha value is -2.48. The molecule has 0 saturated carbocycles. The van der Waals surface area contributed by atoms with Gasteiger partial charge in [-0.2, -0.15) is 0 Å². The smallest absolute Gasteiger partial charge is 0.317 e. The number of pyridine rings is 1. The Kier molecular flexibility index (Phi) is 12.4. The topological polar surface area (TPSA) is 103 Å². The summed E-state index contributed by atoms with van der Waals surface area (Å²) >= 11 is 0. The monoisotopic (exact) mass is 430 g/mol. The number of nitrogen functional groups attached to an aromatic ring is 1. The lowest BCUT2D eigenvalue weighted by atomic mass is 10.1. The maximum absolute atomic E-state index is 11.4. The minimum Gasteiger partial charge on any atom is -0.480 e. The molecule has 0 bridgehead atoms. The van der Waals surface area contributed by atoms with E-state index in [0.717, 1.165) is 50.1 Å². The highest BCUT2D eigenvalue weighted by Crippen LogP contribution is 2.21. The third kappa shape index (κ3) is 9.46. The van der Waals surface area contributed by atoms with E-state index in [1.54, 1.807) is 0 Å². The van der Waals surface area contributed by atoms with E-state index in [4.69, 9.17) is 10.8 Å². The number of carboxylic acid groups (broad SMARTS) is 1. The van der Waals surface area contributed by atoms with Crippen molar-refractivity contribution in [1.29, 1.82) is 0 Å². The molecule has 0 aliphatic heterocycles. The molecule has 1 atom stereocenters. The molecule has 31 heavy (non-hydrogen) atoms. The largest absolute Gasteiger partial charge is 0.480 e. The Morgan fingerprint density at radius 1 is 1.03 bits per heavy atom. The average molecular weight is 431 g/mol. The van der Waals surface area contributed by atoms with Crippen LogP contribution in [-0.4, -0.2) is 64.3 Å². The SMILES string of the molecule is CCCN(CCN(CC(=O)O)Cc1cccc(CC)n1)C(C)c1ccc(N)cc1.CO. The number of nitrogens with two attached hydrogens (primary N) is 1. The van der Waals surface area contributed by atoms with Crippen LogP contribution >= 0.6 is 0 Å². The predicted molar refractivity (Wildman–Crippen MR) is 126 cm³/mol. The highest BCUT2D eigenvalue weighted by Gasteiger charge is 2.18. The number of nitrogens with zero attached hydrogens (tertiary/aromatic N) is 3. The molecule has 1 heterocycles. The van der Waals surface area contributed by atoms with Crippen molar-refractivity contribution in [2.45, 2.75) is 46.2 Å². The molecule has 1 unspecified atom stereocenters. The molecule has 2 rings (SSSR count). The van der Waals surface area contributed by atoms with Gasteiger partial charge in [-0.3, -0.25) is 19.6 Å². The Morgan fingerprint density at radius 3 is 2.26 bits per heavy atom. The van der Waals surface area contributed by atoms with Gasteiger partial charge in [0.2, 0.25) is 0 Å². The fourth-order valence-corrected chi connectivity index (χ4v) is 3.49. The minimum absolute atomic E-state index is 0.00818. The zero-order chi connectivity index (χ0) is 23.2. The molecule has 2 aromatic rings. The highest BCUT2D eigenvalue weighted by atomic mass is 16.4. The molecule has 0 amide bonds. The number of aromatic nitrogens is 1. The Balaban J connectivity index is 0.00000233. The van der Waals surface area contributed by atoms with Gasteiger partial charge in [-0.1, -0.05) is 32.0 Å². The molecular weight excluding hydrogens is 392 g/mol. The molecule has 0 saturated heterocycles. The maximum Gasteiger partial charge on any atom is 0.317 e. The number of hydrogen-bond acceptors (Lipinski definition) is 6. The lowest BCUT2D eigenvalue weighted by molar-refractivity contribution is -0.138. The van der Waals surface area contributed by atoms with Gasteiger partial charge in [-0.05, 0) is 56.1 Å². The van der Waals surface area contributed by atoms with Crippen molar-refractivity contribution in [2.75, 3.05) is 39.0 Å². The van der Waals surface area contributed by atoms with Crippen molar-refractivity contribution in [3.63, 3.8) is 0 Å².